The molecule has 0 aliphatic carbocycles. The number of piperazine rings is 1. The lowest BCUT2D eigenvalue weighted by molar-refractivity contribution is -0.134. The number of para-hydroxylation sites is 1. The minimum atomic E-state index is -3.70. The molecule has 9 heteroatoms. The average Bonchev–Trinajstić information content (AvgIpc) is 2.77. The number of nitrogens with zero attached hydrogens (tertiary/aromatic N) is 2. The van der Waals surface area contributed by atoms with Crippen LogP contribution >= 0.6 is 0 Å². The van der Waals surface area contributed by atoms with Crippen molar-refractivity contribution in [2.45, 2.75) is 4.90 Å². The first-order valence-electron chi connectivity index (χ1n) is 9.13. The molecule has 0 aromatic heterocycles. The van der Waals surface area contributed by atoms with Gasteiger partial charge >= 0.3 is 0 Å². The molecule has 0 saturated carbocycles. The van der Waals surface area contributed by atoms with E-state index in [-0.39, 0.29) is 30.5 Å². The molecular weight excluding hydrogens is 396 g/mol. The molecule has 8 nitrogen and oxygen atoms in total. The maximum Gasteiger partial charge on any atom is 0.260 e. The first kappa shape index (κ1) is 20.9. The number of benzene rings is 2. The molecule has 2 aromatic rings. The molecule has 1 aliphatic heterocycles. The number of methoxy groups -OCH3 is 2. The van der Waals surface area contributed by atoms with Crippen LogP contribution in [0.5, 0.6) is 17.2 Å². The smallest absolute Gasteiger partial charge is 0.260 e. The van der Waals surface area contributed by atoms with Gasteiger partial charge in [-0.15, -0.1) is 0 Å². The second-order valence-corrected chi connectivity index (χ2v) is 8.34. The molecule has 29 heavy (non-hydrogen) atoms. The molecular formula is C20H24N2O6S. The van der Waals surface area contributed by atoms with E-state index >= 15 is 0 Å². The van der Waals surface area contributed by atoms with Crippen molar-refractivity contribution >= 4 is 15.9 Å². The van der Waals surface area contributed by atoms with Crippen molar-refractivity contribution in [1.82, 2.24) is 9.21 Å². The molecule has 1 heterocycles. The van der Waals surface area contributed by atoms with Crippen LogP contribution in [0.25, 0.3) is 0 Å². The SMILES string of the molecule is COc1ccc(S(=O)(=O)N2CCN(C(=O)COc3ccccc3)CC2)cc1OC. The summed E-state index contributed by atoms with van der Waals surface area (Å²) in [5.74, 6) is 1.26. The Balaban J connectivity index is 1.60. The zero-order valence-electron chi connectivity index (χ0n) is 16.4. The van der Waals surface area contributed by atoms with Crippen LogP contribution in [0.3, 0.4) is 0 Å². The van der Waals surface area contributed by atoms with E-state index in [1.807, 2.05) is 18.2 Å². The van der Waals surface area contributed by atoms with E-state index in [1.165, 1.54) is 30.7 Å². The lowest BCUT2D eigenvalue weighted by Crippen LogP contribution is -2.51. The van der Waals surface area contributed by atoms with Crippen LogP contribution < -0.4 is 14.2 Å². The van der Waals surface area contributed by atoms with Crippen LogP contribution in [-0.4, -0.2) is 70.5 Å². The summed E-state index contributed by atoms with van der Waals surface area (Å²) in [5.41, 5.74) is 0. The normalized spacial score (nSPS) is 15.0. The molecule has 0 spiro atoms. The molecule has 1 fully saturated rings. The fraction of sp³-hybridized carbons (Fsp3) is 0.350. The van der Waals surface area contributed by atoms with Gasteiger partial charge in [-0.05, 0) is 24.3 Å². The highest BCUT2D eigenvalue weighted by Crippen LogP contribution is 2.30. The summed E-state index contributed by atoms with van der Waals surface area (Å²) >= 11 is 0. The van der Waals surface area contributed by atoms with Gasteiger partial charge in [-0.3, -0.25) is 4.79 Å². The average molecular weight is 420 g/mol. The van der Waals surface area contributed by atoms with Gasteiger partial charge in [0.15, 0.2) is 18.1 Å². The lowest BCUT2D eigenvalue weighted by Gasteiger charge is -2.34. The zero-order chi connectivity index (χ0) is 20.9. The van der Waals surface area contributed by atoms with Crippen molar-refractivity contribution in [3.8, 4) is 17.2 Å². The van der Waals surface area contributed by atoms with Crippen molar-refractivity contribution in [3.05, 3.63) is 48.5 Å². The molecule has 1 amide bonds. The molecule has 0 unspecified atom stereocenters. The van der Waals surface area contributed by atoms with Gasteiger partial charge < -0.3 is 19.1 Å². The summed E-state index contributed by atoms with van der Waals surface area (Å²) in [4.78, 5) is 14.1. The summed E-state index contributed by atoms with van der Waals surface area (Å²) in [6.07, 6.45) is 0. The van der Waals surface area contributed by atoms with Crippen LogP contribution in [0.1, 0.15) is 0 Å². The predicted octanol–water partition coefficient (Wildman–Crippen LogP) is 1.62. The molecule has 0 radical (unpaired) electrons. The van der Waals surface area contributed by atoms with Gasteiger partial charge in [0.05, 0.1) is 19.1 Å². The van der Waals surface area contributed by atoms with E-state index < -0.39 is 10.0 Å². The van der Waals surface area contributed by atoms with Gasteiger partial charge in [0.1, 0.15) is 5.75 Å². The van der Waals surface area contributed by atoms with Crippen LogP contribution in [-0.2, 0) is 14.8 Å². The maximum absolute atomic E-state index is 12.9. The molecule has 1 aliphatic rings. The molecule has 0 atom stereocenters. The largest absolute Gasteiger partial charge is 0.493 e. The lowest BCUT2D eigenvalue weighted by atomic mass is 10.3. The molecule has 3 rings (SSSR count). The highest BCUT2D eigenvalue weighted by Gasteiger charge is 2.30. The minimum absolute atomic E-state index is 0.0769. The molecule has 156 valence electrons. The Hall–Kier alpha value is -2.78. The summed E-state index contributed by atoms with van der Waals surface area (Å²) in [6, 6.07) is 13.6. The van der Waals surface area contributed by atoms with Crippen LogP contribution in [0.15, 0.2) is 53.4 Å². The molecule has 2 aromatic carbocycles. The third-order valence-corrected chi connectivity index (χ3v) is 6.58. The Kier molecular flexibility index (Phi) is 6.60. The van der Waals surface area contributed by atoms with Gasteiger partial charge in [0, 0.05) is 32.2 Å². The van der Waals surface area contributed by atoms with E-state index in [2.05, 4.69) is 0 Å². The topological polar surface area (TPSA) is 85.4 Å². The van der Waals surface area contributed by atoms with Crippen LogP contribution in [0.2, 0.25) is 0 Å². The molecule has 1 saturated heterocycles. The van der Waals surface area contributed by atoms with Crippen molar-refractivity contribution in [2.24, 2.45) is 0 Å². The van der Waals surface area contributed by atoms with E-state index in [0.29, 0.717) is 30.3 Å². The first-order chi connectivity index (χ1) is 14.0. The minimum Gasteiger partial charge on any atom is -0.493 e. The van der Waals surface area contributed by atoms with Crippen LogP contribution in [0, 0.1) is 0 Å². The number of carbonyl (C=O) groups excluding carboxylic acids is 1. The van der Waals surface area contributed by atoms with Crippen molar-refractivity contribution in [3.63, 3.8) is 0 Å². The summed E-state index contributed by atoms with van der Waals surface area (Å²) in [6.45, 7) is 0.973. The Morgan fingerprint density at radius 1 is 0.931 bits per heavy atom. The number of carbonyl (C=O) groups is 1. The van der Waals surface area contributed by atoms with Gasteiger partial charge in [-0.2, -0.15) is 4.31 Å². The fourth-order valence-corrected chi connectivity index (χ4v) is 4.50. The van der Waals surface area contributed by atoms with E-state index in [4.69, 9.17) is 14.2 Å². The number of rotatable bonds is 7. The van der Waals surface area contributed by atoms with Gasteiger partial charge in [0.2, 0.25) is 10.0 Å². The third-order valence-electron chi connectivity index (χ3n) is 4.69. The Morgan fingerprint density at radius 3 is 2.21 bits per heavy atom. The highest BCUT2D eigenvalue weighted by molar-refractivity contribution is 7.89. The van der Waals surface area contributed by atoms with E-state index in [9.17, 15) is 13.2 Å². The molecule has 0 bridgehead atoms. The van der Waals surface area contributed by atoms with Crippen molar-refractivity contribution in [1.29, 1.82) is 0 Å². The van der Waals surface area contributed by atoms with Gasteiger partial charge in [-0.25, -0.2) is 8.42 Å². The van der Waals surface area contributed by atoms with Gasteiger partial charge in [-0.1, -0.05) is 18.2 Å². The molecule has 0 N–H and O–H groups in total. The first-order valence-corrected chi connectivity index (χ1v) is 10.6. The Morgan fingerprint density at radius 2 is 1.59 bits per heavy atom. The van der Waals surface area contributed by atoms with Crippen molar-refractivity contribution < 1.29 is 27.4 Å². The number of amides is 1. The number of hydrogen-bond donors (Lipinski definition) is 0. The number of hydrogen-bond acceptors (Lipinski definition) is 6. The standard InChI is InChI=1S/C20H24N2O6S/c1-26-18-9-8-17(14-19(18)27-2)29(24,25)22-12-10-21(11-13-22)20(23)15-28-16-6-4-3-5-7-16/h3-9,14H,10-13,15H2,1-2H3. The maximum atomic E-state index is 12.9. The monoisotopic (exact) mass is 420 g/mol. The Labute approximate surface area is 170 Å². The van der Waals surface area contributed by atoms with Crippen molar-refractivity contribution in [2.75, 3.05) is 47.0 Å². The number of sulfonamides is 1. The van der Waals surface area contributed by atoms with E-state index in [1.54, 1.807) is 23.1 Å². The van der Waals surface area contributed by atoms with Crippen LogP contribution in [0.4, 0.5) is 0 Å². The van der Waals surface area contributed by atoms with E-state index in [0.717, 1.165) is 0 Å². The van der Waals surface area contributed by atoms with Gasteiger partial charge in [0.25, 0.3) is 5.91 Å². The highest BCUT2D eigenvalue weighted by atomic mass is 32.2. The predicted molar refractivity (Wildman–Crippen MR) is 107 cm³/mol. The quantitative estimate of drug-likeness (QED) is 0.677. The number of ether oxygens (including phenoxy) is 3. The third kappa shape index (κ3) is 4.80. The summed E-state index contributed by atoms with van der Waals surface area (Å²) < 4.78 is 43.1. The summed E-state index contributed by atoms with van der Waals surface area (Å²) in [7, 11) is -0.751. The Bertz CT molecular complexity index is 941. The zero-order valence-corrected chi connectivity index (χ0v) is 17.2. The fourth-order valence-electron chi connectivity index (χ4n) is 3.06. The summed E-state index contributed by atoms with van der Waals surface area (Å²) in [5, 5.41) is 0. The second kappa shape index (κ2) is 9.15. The second-order valence-electron chi connectivity index (χ2n) is 6.40.